The molecular weight excluding hydrogens is 273 g/mol. The quantitative estimate of drug-likeness (QED) is 0.573. The van der Waals surface area contributed by atoms with Crippen LogP contribution in [0, 0.1) is 0 Å². The van der Waals surface area contributed by atoms with E-state index in [0.29, 0.717) is 6.04 Å². The van der Waals surface area contributed by atoms with Crippen LogP contribution in [0.25, 0.3) is 0 Å². The Balaban J connectivity index is 3.08. The molecule has 72 valence electrons. The Kier molecular flexibility index (Phi) is 9.50. The molecule has 0 fully saturated rings. The van der Waals surface area contributed by atoms with Crippen LogP contribution >= 0.6 is 11.8 Å². The van der Waals surface area contributed by atoms with Crippen molar-refractivity contribution in [1.29, 1.82) is 0 Å². The van der Waals surface area contributed by atoms with E-state index in [1.54, 1.807) is 0 Å². The summed E-state index contributed by atoms with van der Waals surface area (Å²) in [7, 11) is 0. The maximum absolute atomic E-state index is 5.67. The monoisotopic (exact) mass is 295 g/mol. The summed E-state index contributed by atoms with van der Waals surface area (Å²) in [6, 6.07) is 0.399. The van der Waals surface area contributed by atoms with Gasteiger partial charge in [-0.2, -0.15) is 0 Å². The molecule has 0 aromatic heterocycles. The molecule has 0 saturated heterocycles. The molecule has 0 heterocycles. The zero-order valence-electron chi connectivity index (χ0n) is 8.25. The Bertz CT molecular complexity index is 98.5. The number of rotatable bonds is 7. The third-order valence-electron chi connectivity index (χ3n) is 1.78. The number of unbranched alkanes of at least 4 members (excludes halogenated alkanes) is 1. The molecule has 0 bridgehead atoms. The zero-order valence-corrected chi connectivity index (χ0v) is 12.4. The summed E-state index contributed by atoms with van der Waals surface area (Å²) in [6.07, 6.45) is 5.30. The van der Waals surface area contributed by atoms with E-state index in [1.165, 1.54) is 54.0 Å². The molecule has 0 aliphatic carbocycles. The van der Waals surface area contributed by atoms with Gasteiger partial charge in [-0.25, -0.2) is 0 Å². The summed E-state index contributed by atoms with van der Waals surface area (Å²) in [4.78, 5) is 0. The summed E-state index contributed by atoms with van der Waals surface area (Å²) in [5.74, 6) is 1.28. The standard InChI is InChI=1S/C9H20NS.Sn.H/c1-3-11-8-6-4-5-7-9(2)10;;/h8-9H,3-7,10H2,1-2H3;;. The summed E-state index contributed by atoms with van der Waals surface area (Å²) in [5.41, 5.74) is 5.67. The molecular formula is C9H21NSSn. The number of hydrogen-bond donors (Lipinski definition) is 1. The van der Waals surface area contributed by atoms with Gasteiger partial charge in [0.25, 0.3) is 0 Å². The van der Waals surface area contributed by atoms with Crippen molar-refractivity contribution in [2.75, 3.05) is 5.75 Å². The van der Waals surface area contributed by atoms with Crippen LogP contribution in [0.2, 0.25) is 0 Å². The minimum atomic E-state index is 0.399. The number of thioether (sulfide) groups is 1. The number of nitrogens with two attached hydrogens (primary N) is 1. The first-order chi connectivity index (χ1) is 5.66. The molecule has 0 saturated carbocycles. The van der Waals surface area contributed by atoms with Crippen LogP contribution in [0.4, 0.5) is 0 Å². The molecule has 0 amide bonds. The van der Waals surface area contributed by atoms with Gasteiger partial charge in [0.2, 0.25) is 0 Å². The average molecular weight is 294 g/mol. The third kappa shape index (κ3) is 9.20. The molecule has 1 nitrogen and oxygen atoms in total. The van der Waals surface area contributed by atoms with Crippen molar-refractivity contribution in [3.8, 4) is 0 Å². The first kappa shape index (κ1) is 13.1. The van der Waals surface area contributed by atoms with Crippen molar-refractivity contribution in [1.82, 2.24) is 0 Å². The van der Waals surface area contributed by atoms with Crippen LogP contribution in [0.5, 0.6) is 0 Å². The summed E-state index contributed by atoms with van der Waals surface area (Å²) >= 11 is 3.52. The second-order valence-corrected chi connectivity index (χ2v) is 8.45. The molecule has 2 atom stereocenters. The van der Waals surface area contributed by atoms with Gasteiger partial charge in [0, 0.05) is 0 Å². The maximum atomic E-state index is 5.67. The molecule has 0 aromatic rings. The van der Waals surface area contributed by atoms with Crippen molar-refractivity contribution < 1.29 is 0 Å². The van der Waals surface area contributed by atoms with Gasteiger partial charge in [0.1, 0.15) is 0 Å². The van der Waals surface area contributed by atoms with Gasteiger partial charge in [-0.05, 0) is 0 Å². The Morgan fingerprint density at radius 3 is 2.42 bits per heavy atom. The van der Waals surface area contributed by atoms with Crippen LogP contribution < -0.4 is 5.73 Å². The number of hydrogen-bond acceptors (Lipinski definition) is 2. The van der Waals surface area contributed by atoms with E-state index in [2.05, 4.69) is 25.6 Å². The molecule has 0 rings (SSSR count). The van der Waals surface area contributed by atoms with Crippen molar-refractivity contribution in [3.05, 3.63) is 0 Å². The van der Waals surface area contributed by atoms with Crippen LogP contribution in [0.15, 0.2) is 0 Å². The van der Waals surface area contributed by atoms with Crippen LogP contribution in [0.1, 0.15) is 39.5 Å². The van der Waals surface area contributed by atoms with Crippen LogP contribution in [0.3, 0.4) is 0 Å². The first-order valence-electron chi connectivity index (χ1n) is 4.79. The second kappa shape index (κ2) is 8.70. The summed E-state index contributed by atoms with van der Waals surface area (Å²) in [6.45, 7) is 4.34. The van der Waals surface area contributed by atoms with Crippen molar-refractivity contribution in [3.63, 3.8) is 0 Å². The van der Waals surface area contributed by atoms with Crippen molar-refractivity contribution in [2.45, 2.75) is 48.8 Å². The van der Waals surface area contributed by atoms with E-state index >= 15 is 0 Å². The van der Waals surface area contributed by atoms with E-state index in [4.69, 9.17) is 5.73 Å². The normalized spacial score (nSPS) is 16.0. The molecule has 0 aliphatic heterocycles. The Hall–Kier alpha value is 1.11. The fourth-order valence-electron chi connectivity index (χ4n) is 1.11. The summed E-state index contributed by atoms with van der Waals surface area (Å²) in [5, 5.41) is 0. The van der Waals surface area contributed by atoms with E-state index in [-0.39, 0.29) is 0 Å². The van der Waals surface area contributed by atoms with E-state index in [0.717, 1.165) is 3.27 Å². The van der Waals surface area contributed by atoms with Gasteiger partial charge in [0.05, 0.1) is 0 Å². The topological polar surface area (TPSA) is 26.0 Å². The van der Waals surface area contributed by atoms with Gasteiger partial charge < -0.3 is 0 Å². The molecule has 0 aromatic carbocycles. The summed E-state index contributed by atoms with van der Waals surface area (Å²) < 4.78 is 0.966. The van der Waals surface area contributed by atoms with E-state index in [9.17, 15) is 0 Å². The van der Waals surface area contributed by atoms with Gasteiger partial charge >= 0.3 is 94.6 Å². The Morgan fingerprint density at radius 1 is 1.33 bits per heavy atom. The van der Waals surface area contributed by atoms with Gasteiger partial charge in [0.15, 0.2) is 0 Å². The van der Waals surface area contributed by atoms with Crippen LogP contribution in [-0.4, -0.2) is 37.6 Å². The molecule has 2 radical (unpaired) electrons. The average Bonchev–Trinajstić information content (AvgIpc) is 1.98. The minimum absolute atomic E-state index is 0.399. The Morgan fingerprint density at radius 2 is 1.92 bits per heavy atom. The van der Waals surface area contributed by atoms with Gasteiger partial charge in [-0.1, -0.05) is 0 Å². The van der Waals surface area contributed by atoms with E-state index < -0.39 is 0 Å². The zero-order chi connectivity index (χ0) is 9.40. The third-order valence-corrected chi connectivity index (χ3v) is 5.38. The molecule has 2 unspecified atom stereocenters. The van der Waals surface area contributed by atoms with Crippen molar-refractivity contribution >= 4 is 34.3 Å². The fourth-order valence-corrected chi connectivity index (χ4v) is 4.19. The predicted octanol–water partition coefficient (Wildman–Crippen LogP) is 1.87. The SMILES string of the molecule is CCS[CH]([SnH])CCCCC(C)N. The predicted molar refractivity (Wildman–Crippen MR) is 61.2 cm³/mol. The molecule has 0 aliphatic rings. The fraction of sp³-hybridized carbons (Fsp3) is 1.00. The van der Waals surface area contributed by atoms with Gasteiger partial charge in [-0.3, -0.25) is 0 Å². The molecule has 12 heavy (non-hydrogen) atoms. The Labute approximate surface area is 94.3 Å². The van der Waals surface area contributed by atoms with Crippen LogP contribution in [-0.2, 0) is 0 Å². The van der Waals surface area contributed by atoms with Crippen molar-refractivity contribution in [2.24, 2.45) is 5.73 Å². The molecule has 3 heteroatoms. The van der Waals surface area contributed by atoms with E-state index in [1.807, 2.05) is 0 Å². The van der Waals surface area contributed by atoms with Gasteiger partial charge in [-0.15, -0.1) is 0 Å². The molecule has 0 spiro atoms. The molecule has 2 N–H and O–H groups in total. The first-order valence-corrected chi connectivity index (χ1v) is 7.74. The second-order valence-electron chi connectivity index (χ2n) is 3.26.